The molecule has 0 fully saturated rings. The van der Waals surface area contributed by atoms with Crippen molar-refractivity contribution in [3.63, 3.8) is 0 Å². The zero-order valence-electron chi connectivity index (χ0n) is 17.2. The van der Waals surface area contributed by atoms with Crippen LogP contribution in [-0.4, -0.2) is 39.4 Å². The van der Waals surface area contributed by atoms with Crippen LogP contribution in [-0.2, 0) is 19.6 Å². The molecule has 2 aromatic rings. The van der Waals surface area contributed by atoms with Gasteiger partial charge in [0.15, 0.2) is 0 Å². The van der Waals surface area contributed by atoms with Crippen LogP contribution >= 0.6 is 11.8 Å². The predicted octanol–water partition coefficient (Wildman–Crippen LogP) is 4.69. The SMILES string of the molecule is CSc1ccc2c(c1)S(=O)(=O)N(C)c1ccccc1C2OCCCCCCC(=O)O. The number of thioether (sulfide) groups is 1. The Bertz CT molecular complexity index is 1010. The Kier molecular flexibility index (Phi) is 7.44. The third kappa shape index (κ3) is 4.82. The number of sulfonamides is 1. The van der Waals surface area contributed by atoms with Gasteiger partial charge < -0.3 is 9.84 Å². The molecule has 1 N–H and O–H groups in total. The lowest BCUT2D eigenvalue weighted by atomic mass is 9.99. The van der Waals surface area contributed by atoms with E-state index in [1.165, 1.54) is 16.1 Å². The zero-order valence-corrected chi connectivity index (χ0v) is 18.8. The first kappa shape index (κ1) is 22.7. The average Bonchev–Trinajstić information content (AvgIpc) is 2.80. The molecular weight excluding hydrogens is 422 g/mol. The highest BCUT2D eigenvalue weighted by molar-refractivity contribution is 7.98. The molecule has 0 saturated carbocycles. The van der Waals surface area contributed by atoms with Gasteiger partial charge in [-0.05, 0) is 37.3 Å². The van der Waals surface area contributed by atoms with E-state index >= 15 is 0 Å². The van der Waals surface area contributed by atoms with Crippen molar-refractivity contribution in [2.24, 2.45) is 0 Å². The highest BCUT2D eigenvalue weighted by Gasteiger charge is 2.35. The van der Waals surface area contributed by atoms with E-state index in [0.717, 1.165) is 29.7 Å². The fourth-order valence-corrected chi connectivity index (χ4v) is 5.62. The number of fused-ring (bicyclic) bond motifs is 2. The first-order chi connectivity index (χ1) is 14.4. The minimum absolute atomic E-state index is 0.187. The summed E-state index contributed by atoms with van der Waals surface area (Å²) in [6.45, 7) is 0.472. The highest BCUT2D eigenvalue weighted by atomic mass is 32.2. The standard InChI is InChI=1S/C22H27NO5S2/c1-23-19-10-7-6-9-17(19)22(28-14-8-4-3-5-11-21(24)25)18-13-12-16(29-2)15-20(18)30(23,26)27/h6-7,9-10,12-13,15,22H,3-5,8,11,14H2,1-2H3,(H,24,25). The zero-order chi connectivity index (χ0) is 21.7. The maximum Gasteiger partial charge on any atom is 0.303 e. The quantitative estimate of drug-likeness (QED) is 0.442. The molecule has 0 radical (unpaired) electrons. The van der Waals surface area contributed by atoms with Crippen molar-refractivity contribution < 1.29 is 23.1 Å². The van der Waals surface area contributed by atoms with E-state index in [9.17, 15) is 13.2 Å². The number of rotatable bonds is 9. The number of carboxylic acid groups (broad SMARTS) is 1. The molecule has 1 aliphatic heterocycles. The van der Waals surface area contributed by atoms with Crippen molar-refractivity contribution in [2.45, 2.75) is 48.0 Å². The summed E-state index contributed by atoms with van der Waals surface area (Å²) in [6.07, 6.45) is 4.78. The number of hydrogen-bond donors (Lipinski definition) is 1. The summed E-state index contributed by atoms with van der Waals surface area (Å²) in [7, 11) is -2.12. The summed E-state index contributed by atoms with van der Waals surface area (Å²) in [5.74, 6) is -0.770. The molecule has 3 rings (SSSR count). The fraction of sp³-hybridized carbons (Fsp3) is 0.409. The summed E-state index contributed by atoms with van der Waals surface area (Å²) in [6, 6.07) is 12.9. The van der Waals surface area contributed by atoms with Crippen molar-refractivity contribution in [1.29, 1.82) is 0 Å². The van der Waals surface area contributed by atoms with E-state index in [1.807, 2.05) is 36.6 Å². The van der Waals surface area contributed by atoms with Gasteiger partial charge in [0, 0.05) is 36.1 Å². The van der Waals surface area contributed by atoms with E-state index in [4.69, 9.17) is 9.84 Å². The van der Waals surface area contributed by atoms with Crippen LogP contribution < -0.4 is 4.31 Å². The van der Waals surface area contributed by atoms with Crippen LogP contribution in [0, 0.1) is 0 Å². The topological polar surface area (TPSA) is 83.9 Å². The van der Waals surface area contributed by atoms with Crippen LogP contribution in [0.1, 0.15) is 49.3 Å². The van der Waals surface area contributed by atoms with Crippen molar-refractivity contribution in [3.05, 3.63) is 53.6 Å². The second kappa shape index (κ2) is 9.85. The van der Waals surface area contributed by atoms with Gasteiger partial charge in [0.25, 0.3) is 10.0 Å². The molecular formula is C22H27NO5S2. The van der Waals surface area contributed by atoms with Crippen LogP contribution in [0.2, 0.25) is 0 Å². The van der Waals surface area contributed by atoms with Crippen molar-refractivity contribution in [2.75, 3.05) is 24.2 Å². The summed E-state index contributed by atoms with van der Waals surface area (Å²) >= 11 is 1.50. The molecule has 0 spiro atoms. The van der Waals surface area contributed by atoms with E-state index in [2.05, 4.69) is 0 Å². The number of aliphatic carboxylic acids is 1. The van der Waals surface area contributed by atoms with E-state index < -0.39 is 22.1 Å². The smallest absolute Gasteiger partial charge is 0.303 e. The molecule has 6 nitrogen and oxygen atoms in total. The van der Waals surface area contributed by atoms with Gasteiger partial charge in [-0.1, -0.05) is 37.1 Å². The number of benzene rings is 2. The monoisotopic (exact) mass is 449 g/mol. The number of para-hydroxylation sites is 1. The van der Waals surface area contributed by atoms with Gasteiger partial charge in [0.1, 0.15) is 6.10 Å². The van der Waals surface area contributed by atoms with Crippen LogP contribution in [0.25, 0.3) is 0 Å². The normalized spacial score (nSPS) is 17.1. The molecule has 2 aromatic carbocycles. The van der Waals surface area contributed by atoms with Gasteiger partial charge in [-0.15, -0.1) is 11.8 Å². The number of hydrogen-bond acceptors (Lipinski definition) is 5. The fourth-order valence-electron chi connectivity index (χ4n) is 3.63. The Labute approximate surface area is 182 Å². The number of unbranched alkanes of at least 4 members (excludes halogenated alkanes) is 3. The van der Waals surface area contributed by atoms with Gasteiger partial charge in [0.2, 0.25) is 0 Å². The van der Waals surface area contributed by atoms with E-state index in [0.29, 0.717) is 24.3 Å². The van der Waals surface area contributed by atoms with Crippen LogP contribution in [0.15, 0.2) is 52.3 Å². The third-order valence-electron chi connectivity index (χ3n) is 5.27. The number of carboxylic acids is 1. The molecule has 1 heterocycles. The van der Waals surface area contributed by atoms with Crippen LogP contribution in [0.5, 0.6) is 0 Å². The molecule has 8 heteroatoms. The molecule has 30 heavy (non-hydrogen) atoms. The lowest BCUT2D eigenvalue weighted by Gasteiger charge is -2.21. The van der Waals surface area contributed by atoms with Crippen molar-refractivity contribution in [3.8, 4) is 0 Å². The molecule has 0 aromatic heterocycles. The second-order valence-electron chi connectivity index (χ2n) is 7.24. The molecule has 0 saturated heterocycles. The second-order valence-corrected chi connectivity index (χ2v) is 10.1. The van der Waals surface area contributed by atoms with Gasteiger partial charge in [0.05, 0.1) is 10.6 Å². The van der Waals surface area contributed by atoms with E-state index in [-0.39, 0.29) is 11.3 Å². The summed E-state index contributed by atoms with van der Waals surface area (Å²) < 4.78 is 34.2. The Balaban J connectivity index is 1.87. The van der Waals surface area contributed by atoms with E-state index in [1.54, 1.807) is 19.2 Å². The summed E-state index contributed by atoms with van der Waals surface area (Å²) in [5, 5.41) is 8.72. The summed E-state index contributed by atoms with van der Waals surface area (Å²) in [4.78, 5) is 11.8. The molecule has 162 valence electrons. The Hall–Kier alpha value is -2.03. The Morgan fingerprint density at radius 2 is 1.83 bits per heavy atom. The maximum absolute atomic E-state index is 13.3. The lowest BCUT2D eigenvalue weighted by molar-refractivity contribution is -0.137. The van der Waals surface area contributed by atoms with Gasteiger partial charge in [-0.25, -0.2) is 8.42 Å². The van der Waals surface area contributed by atoms with Crippen molar-refractivity contribution in [1.82, 2.24) is 0 Å². The maximum atomic E-state index is 13.3. The molecule has 1 unspecified atom stereocenters. The number of nitrogens with zero attached hydrogens (tertiary/aromatic N) is 1. The highest BCUT2D eigenvalue weighted by Crippen LogP contribution is 2.42. The van der Waals surface area contributed by atoms with Crippen LogP contribution in [0.3, 0.4) is 0 Å². The molecule has 1 aliphatic rings. The number of anilines is 1. The molecule has 0 amide bonds. The largest absolute Gasteiger partial charge is 0.481 e. The average molecular weight is 450 g/mol. The molecule has 0 aliphatic carbocycles. The van der Waals surface area contributed by atoms with Crippen molar-refractivity contribution >= 4 is 33.4 Å². The van der Waals surface area contributed by atoms with Gasteiger partial charge in [-0.2, -0.15) is 0 Å². The minimum atomic E-state index is -3.70. The van der Waals surface area contributed by atoms with Crippen LogP contribution in [0.4, 0.5) is 5.69 Å². The van der Waals surface area contributed by atoms with Gasteiger partial charge in [-0.3, -0.25) is 9.10 Å². The number of ether oxygens (including phenoxy) is 1. The lowest BCUT2D eigenvalue weighted by Crippen LogP contribution is -2.26. The summed E-state index contributed by atoms with van der Waals surface area (Å²) in [5.41, 5.74) is 2.09. The third-order valence-corrected chi connectivity index (χ3v) is 7.82. The van der Waals surface area contributed by atoms with Gasteiger partial charge >= 0.3 is 5.97 Å². The predicted molar refractivity (Wildman–Crippen MR) is 119 cm³/mol. The molecule has 0 bridgehead atoms. The Morgan fingerprint density at radius 1 is 1.10 bits per heavy atom. The first-order valence-electron chi connectivity index (χ1n) is 9.95. The number of carbonyl (C=O) groups is 1. The Morgan fingerprint density at radius 3 is 2.57 bits per heavy atom. The molecule has 1 atom stereocenters. The minimum Gasteiger partial charge on any atom is -0.481 e. The first-order valence-corrected chi connectivity index (χ1v) is 12.6.